The van der Waals surface area contributed by atoms with Crippen LogP contribution in [0.3, 0.4) is 0 Å². The molecule has 19 heteroatoms. The molecule has 0 saturated heterocycles. The molecule has 12 nitrogen and oxygen atoms in total. The van der Waals surface area contributed by atoms with Crippen LogP contribution in [0.2, 0.25) is 0 Å². The van der Waals surface area contributed by atoms with Crippen LogP contribution in [-0.4, -0.2) is 43.8 Å². The van der Waals surface area contributed by atoms with Gasteiger partial charge in [-0.3, -0.25) is 0 Å². The van der Waals surface area contributed by atoms with Crippen LogP contribution in [-0.2, 0) is 101 Å². The maximum absolute atomic E-state index is 0. The Morgan fingerprint density at radius 3 is 0.211 bits per heavy atom. The monoisotopic (exact) mass is 618 g/mol. The molecule has 128 valence electrons. The third kappa shape index (κ3) is 719. The molecule has 0 aromatic heterocycles. The Morgan fingerprint density at radius 1 is 0.211 bits per heavy atom. The number of hydrogen-bond donors (Lipinski definition) is 0. The van der Waals surface area contributed by atoms with E-state index in [0.717, 1.165) is 0 Å². The van der Waals surface area contributed by atoms with Crippen molar-refractivity contribution in [2.45, 2.75) is 0 Å². The van der Waals surface area contributed by atoms with E-state index in [-0.39, 0.29) is 194 Å². The Labute approximate surface area is 191 Å². The molecule has 0 aliphatic rings. The SMILES string of the molecule is O.O.O.O.O.O.O.O.[Cl-].[Cl-].[Cl-].[Cl-].[O-2].[O-2].[O-2].[O-2].[Zr+4].[Zr+4].[Zr+4]. The van der Waals surface area contributed by atoms with Crippen molar-refractivity contribution in [1.29, 1.82) is 0 Å². The van der Waals surface area contributed by atoms with Crippen molar-refractivity contribution >= 4 is 0 Å². The summed E-state index contributed by atoms with van der Waals surface area (Å²) in [5.41, 5.74) is 0. The first-order valence-corrected chi connectivity index (χ1v) is 0. The molecule has 0 bridgehead atoms. The molecule has 19 heavy (non-hydrogen) atoms. The molecule has 0 rings (SSSR count). The molecule has 0 amide bonds. The van der Waals surface area contributed by atoms with Crippen molar-refractivity contribution in [2.24, 2.45) is 0 Å². The summed E-state index contributed by atoms with van der Waals surface area (Å²) in [6, 6.07) is 0. The summed E-state index contributed by atoms with van der Waals surface area (Å²) in [4.78, 5) is 0. The van der Waals surface area contributed by atoms with E-state index in [4.69, 9.17) is 0 Å². The van der Waals surface area contributed by atoms with Crippen LogP contribution < -0.4 is 49.6 Å². The van der Waals surface area contributed by atoms with E-state index in [0.29, 0.717) is 0 Å². The zero-order chi connectivity index (χ0) is 0. The van der Waals surface area contributed by atoms with Gasteiger partial charge in [0.2, 0.25) is 0 Å². The molecule has 0 saturated carbocycles. The van der Waals surface area contributed by atoms with Crippen LogP contribution in [0.5, 0.6) is 0 Å². The van der Waals surface area contributed by atoms with Gasteiger partial charge in [-0.2, -0.15) is 0 Å². The second kappa shape index (κ2) is 795. The Morgan fingerprint density at radius 2 is 0.211 bits per heavy atom. The molecule has 0 spiro atoms. The van der Waals surface area contributed by atoms with Crippen molar-refractivity contribution in [1.82, 2.24) is 0 Å². The molecular formula is H16Cl4O12Zr3. The third-order valence-electron chi connectivity index (χ3n) is 0. The fourth-order valence-corrected chi connectivity index (χ4v) is 0. The normalized spacial score (nSPS) is 0. The van der Waals surface area contributed by atoms with E-state index < -0.39 is 0 Å². The minimum Gasteiger partial charge on any atom is -2.00 e. The summed E-state index contributed by atoms with van der Waals surface area (Å²) in [6.45, 7) is 0. The van der Waals surface area contributed by atoms with E-state index in [1.54, 1.807) is 0 Å². The second-order valence-corrected chi connectivity index (χ2v) is 0. The van der Waals surface area contributed by atoms with Crippen LogP contribution in [0.1, 0.15) is 0 Å². The molecular weight excluding hydrogens is 607 g/mol. The Kier molecular flexibility index (Phi) is 38400. The first-order valence-electron chi connectivity index (χ1n) is 0. The van der Waals surface area contributed by atoms with Gasteiger partial charge in [-0.15, -0.1) is 0 Å². The first-order chi connectivity index (χ1) is 0. The van der Waals surface area contributed by atoms with Crippen LogP contribution in [0.4, 0.5) is 0 Å². The molecule has 0 radical (unpaired) electrons. The largest absolute Gasteiger partial charge is 4.00 e. The maximum Gasteiger partial charge on any atom is 4.00 e. The number of hydrogen-bond acceptors (Lipinski definition) is 0. The van der Waals surface area contributed by atoms with Crippen LogP contribution in [0.15, 0.2) is 0 Å². The Hall–Kier alpha value is 3.33. The first kappa shape index (κ1) is 916. The summed E-state index contributed by atoms with van der Waals surface area (Å²) in [5, 5.41) is 0. The van der Waals surface area contributed by atoms with Crippen LogP contribution in [0, 0.1) is 0 Å². The Bertz CT molecular complexity index is 24.9. The fraction of sp³-hybridized carbons (Fsp3) is 0. The predicted molar refractivity (Wildman–Crippen MR) is 31.7 cm³/mol. The Balaban J connectivity index is 0. The van der Waals surface area contributed by atoms with E-state index in [1.807, 2.05) is 0 Å². The quantitative estimate of drug-likeness (QED) is 0.242. The molecule has 0 heterocycles. The van der Waals surface area contributed by atoms with E-state index in [2.05, 4.69) is 0 Å². The van der Waals surface area contributed by atoms with Gasteiger partial charge < -0.3 is 115 Å². The zero-order valence-electron chi connectivity index (χ0n) is 8.64. The predicted octanol–water partition coefficient (Wildman–Crippen LogP) is -19.1. The molecule has 0 atom stereocenters. The van der Waals surface area contributed by atoms with Crippen LogP contribution >= 0.6 is 0 Å². The van der Waals surface area contributed by atoms with Crippen molar-refractivity contribution in [2.75, 3.05) is 0 Å². The second-order valence-electron chi connectivity index (χ2n) is 0. The van der Waals surface area contributed by atoms with Gasteiger partial charge in [-0.25, -0.2) is 0 Å². The smallest absolute Gasteiger partial charge is 2.00 e. The molecule has 0 fully saturated rings. The van der Waals surface area contributed by atoms with Gasteiger partial charge >= 0.3 is 78.6 Å². The topological polar surface area (TPSA) is 366 Å². The van der Waals surface area contributed by atoms with Crippen molar-refractivity contribution < 1.29 is 194 Å². The number of rotatable bonds is 0. The van der Waals surface area contributed by atoms with E-state index in [9.17, 15) is 0 Å². The van der Waals surface area contributed by atoms with Gasteiger partial charge in [0.15, 0.2) is 0 Å². The van der Waals surface area contributed by atoms with Gasteiger partial charge in [-0.05, 0) is 0 Å². The summed E-state index contributed by atoms with van der Waals surface area (Å²) in [7, 11) is 0. The summed E-state index contributed by atoms with van der Waals surface area (Å²) < 4.78 is 0. The molecule has 0 aliphatic heterocycles. The summed E-state index contributed by atoms with van der Waals surface area (Å²) in [5.74, 6) is 0. The number of halogens is 4. The molecule has 0 aromatic rings. The molecule has 0 aliphatic carbocycles. The minimum absolute atomic E-state index is 0. The summed E-state index contributed by atoms with van der Waals surface area (Å²) >= 11 is 0. The average Bonchev–Trinajstić information content (AvgIpc) is 0. The fourth-order valence-electron chi connectivity index (χ4n) is 0. The van der Waals surface area contributed by atoms with Gasteiger partial charge in [0, 0.05) is 0 Å². The zero-order valence-corrected chi connectivity index (χ0v) is 19.0. The third-order valence-corrected chi connectivity index (χ3v) is 0. The molecule has 16 N–H and O–H groups in total. The van der Waals surface area contributed by atoms with Crippen molar-refractivity contribution in [3.05, 3.63) is 0 Å². The van der Waals surface area contributed by atoms with Crippen molar-refractivity contribution in [3.8, 4) is 0 Å². The van der Waals surface area contributed by atoms with Gasteiger partial charge in [0.25, 0.3) is 0 Å². The average molecular weight is 624 g/mol. The molecule has 0 unspecified atom stereocenters. The standard InChI is InChI=1S/4ClH.8H2O.4O.3Zr/h4*1H;8*1H2;;;;;;;/q;;;;;;;;;;;;4*-2;3*+4/p-4. The minimum atomic E-state index is 0. The van der Waals surface area contributed by atoms with Gasteiger partial charge in [0.05, 0.1) is 0 Å². The summed E-state index contributed by atoms with van der Waals surface area (Å²) in [6.07, 6.45) is 0. The van der Waals surface area contributed by atoms with E-state index >= 15 is 0 Å². The maximum atomic E-state index is 0. The molecule has 0 aromatic carbocycles. The van der Waals surface area contributed by atoms with Gasteiger partial charge in [-0.1, -0.05) is 0 Å². The van der Waals surface area contributed by atoms with Crippen LogP contribution in [0.25, 0.3) is 0 Å². The van der Waals surface area contributed by atoms with Gasteiger partial charge in [0.1, 0.15) is 0 Å². The van der Waals surface area contributed by atoms with E-state index in [1.165, 1.54) is 0 Å². The van der Waals surface area contributed by atoms with Crippen molar-refractivity contribution in [3.63, 3.8) is 0 Å².